The van der Waals surface area contributed by atoms with Gasteiger partial charge >= 0.3 is 0 Å². The first kappa shape index (κ1) is 22.9. The average Bonchev–Trinajstić information content (AvgIpc) is 2.83. The fourth-order valence-corrected chi connectivity index (χ4v) is 3.09. The summed E-state index contributed by atoms with van der Waals surface area (Å²) in [5.74, 6) is 2.23. The van der Waals surface area contributed by atoms with Crippen molar-refractivity contribution in [1.82, 2.24) is 0 Å². The van der Waals surface area contributed by atoms with Crippen LogP contribution in [0.15, 0.2) is 67.2 Å². The van der Waals surface area contributed by atoms with Gasteiger partial charge in [-0.05, 0) is 59.2 Å². The number of anilines is 1. The fraction of sp³-hybridized carbons (Fsp3) is 0.231. The quantitative estimate of drug-likeness (QED) is 0.455. The van der Waals surface area contributed by atoms with Crippen molar-refractivity contribution in [2.24, 2.45) is 0 Å². The molecule has 3 aromatic rings. The lowest BCUT2D eigenvalue weighted by Crippen LogP contribution is -1.99. The van der Waals surface area contributed by atoms with Gasteiger partial charge in [0, 0.05) is 17.8 Å². The Bertz CT molecular complexity index is 949. The molecule has 4 nitrogen and oxygen atoms in total. The smallest absolute Gasteiger partial charge is 0.167 e. The van der Waals surface area contributed by atoms with E-state index in [1.165, 1.54) is 5.56 Å². The summed E-state index contributed by atoms with van der Waals surface area (Å²) in [7, 11) is 4.94. The van der Waals surface area contributed by atoms with Gasteiger partial charge in [0.05, 0.1) is 21.3 Å². The van der Waals surface area contributed by atoms with Crippen LogP contribution in [0.5, 0.6) is 17.2 Å². The number of nitrogens with one attached hydrogen (secondary N) is 1. The summed E-state index contributed by atoms with van der Waals surface area (Å²) in [6.07, 6.45) is 1.78. The first-order chi connectivity index (χ1) is 14.7. The number of methoxy groups -OCH3 is 3. The third-order valence-corrected chi connectivity index (χ3v) is 4.57. The Morgan fingerprint density at radius 2 is 1.57 bits per heavy atom. The van der Waals surface area contributed by atoms with Crippen molar-refractivity contribution in [2.45, 2.75) is 20.4 Å². The second-order valence-corrected chi connectivity index (χ2v) is 6.29. The Morgan fingerprint density at radius 3 is 2.17 bits per heavy atom. The van der Waals surface area contributed by atoms with E-state index in [1.807, 2.05) is 44.2 Å². The molecule has 0 aliphatic rings. The molecule has 0 atom stereocenters. The third-order valence-electron chi connectivity index (χ3n) is 4.57. The summed E-state index contributed by atoms with van der Waals surface area (Å²) < 4.78 is 16.2. The maximum absolute atomic E-state index is 5.50. The van der Waals surface area contributed by atoms with Gasteiger partial charge < -0.3 is 19.5 Å². The fourth-order valence-electron chi connectivity index (χ4n) is 3.09. The summed E-state index contributed by atoms with van der Waals surface area (Å²) in [6.45, 7) is 8.61. The van der Waals surface area contributed by atoms with Crippen molar-refractivity contribution in [3.05, 3.63) is 78.4 Å². The van der Waals surface area contributed by atoms with Gasteiger partial charge in [-0.3, -0.25) is 0 Å². The van der Waals surface area contributed by atoms with E-state index in [-0.39, 0.29) is 0 Å². The zero-order chi connectivity index (χ0) is 21.9. The molecule has 3 rings (SSSR count). The van der Waals surface area contributed by atoms with E-state index in [0.29, 0.717) is 11.5 Å². The van der Waals surface area contributed by atoms with Crippen molar-refractivity contribution in [3.8, 4) is 28.4 Å². The van der Waals surface area contributed by atoms with E-state index in [2.05, 4.69) is 42.2 Å². The third kappa shape index (κ3) is 5.57. The maximum atomic E-state index is 5.50. The van der Waals surface area contributed by atoms with Gasteiger partial charge in [-0.25, -0.2) is 0 Å². The minimum atomic E-state index is 0.691. The number of benzene rings is 3. The SMILES string of the molecule is C=Cc1cc(-c2cccc(CNc3ccc(OC)cc3)c2)cc(OC)c1OC.CC. The molecule has 0 unspecified atom stereocenters. The summed E-state index contributed by atoms with van der Waals surface area (Å²) in [6, 6.07) is 20.4. The van der Waals surface area contributed by atoms with Crippen molar-refractivity contribution in [3.63, 3.8) is 0 Å². The minimum absolute atomic E-state index is 0.691. The topological polar surface area (TPSA) is 39.7 Å². The van der Waals surface area contributed by atoms with Crippen LogP contribution in [0, 0.1) is 0 Å². The molecule has 0 fully saturated rings. The molecular formula is C26H31NO3. The molecule has 1 N–H and O–H groups in total. The number of ether oxygens (including phenoxy) is 3. The standard InChI is InChI=1S/C24H25NO3.C2H6/c1-5-18-14-20(15-23(27-3)24(18)28-4)19-8-6-7-17(13-19)16-25-21-9-11-22(26-2)12-10-21;1-2/h5-15,25H,1,16H2,2-4H3;1-2H3. The summed E-state index contributed by atoms with van der Waals surface area (Å²) in [5.41, 5.74) is 5.30. The Labute approximate surface area is 180 Å². The van der Waals surface area contributed by atoms with Crippen LogP contribution in [-0.4, -0.2) is 21.3 Å². The lowest BCUT2D eigenvalue weighted by molar-refractivity contribution is 0.354. The molecule has 0 saturated carbocycles. The van der Waals surface area contributed by atoms with Crippen LogP contribution >= 0.6 is 0 Å². The molecule has 0 saturated heterocycles. The monoisotopic (exact) mass is 405 g/mol. The Hall–Kier alpha value is -3.40. The van der Waals surface area contributed by atoms with E-state index >= 15 is 0 Å². The van der Waals surface area contributed by atoms with Crippen molar-refractivity contribution in [1.29, 1.82) is 0 Å². The Kier molecular flexibility index (Phi) is 8.82. The molecule has 0 aliphatic heterocycles. The molecule has 4 heteroatoms. The Morgan fingerprint density at radius 1 is 0.833 bits per heavy atom. The second-order valence-electron chi connectivity index (χ2n) is 6.29. The Balaban J connectivity index is 0.00000155. The van der Waals surface area contributed by atoms with E-state index in [4.69, 9.17) is 14.2 Å². The molecular weight excluding hydrogens is 374 g/mol. The van der Waals surface area contributed by atoms with Gasteiger partial charge in [-0.2, -0.15) is 0 Å². The van der Waals surface area contributed by atoms with Crippen LogP contribution in [0.2, 0.25) is 0 Å². The zero-order valence-electron chi connectivity index (χ0n) is 18.5. The van der Waals surface area contributed by atoms with Gasteiger partial charge in [0.15, 0.2) is 11.5 Å². The van der Waals surface area contributed by atoms with Crippen LogP contribution in [-0.2, 0) is 6.54 Å². The molecule has 158 valence electrons. The normalized spacial score (nSPS) is 9.77. The van der Waals surface area contributed by atoms with Crippen LogP contribution in [0.25, 0.3) is 17.2 Å². The van der Waals surface area contributed by atoms with Crippen molar-refractivity contribution in [2.75, 3.05) is 26.6 Å². The number of rotatable bonds is 8. The number of hydrogen-bond donors (Lipinski definition) is 1. The largest absolute Gasteiger partial charge is 0.497 e. The molecule has 0 amide bonds. The molecule has 0 radical (unpaired) electrons. The predicted octanol–water partition coefficient (Wildman–Crippen LogP) is 6.66. The first-order valence-electron chi connectivity index (χ1n) is 10.0. The van der Waals surface area contributed by atoms with Gasteiger partial charge in [0.2, 0.25) is 0 Å². The van der Waals surface area contributed by atoms with E-state index < -0.39 is 0 Å². The minimum Gasteiger partial charge on any atom is -0.497 e. The summed E-state index contributed by atoms with van der Waals surface area (Å²) >= 11 is 0. The van der Waals surface area contributed by atoms with Gasteiger partial charge in [0.25, 0.3) is 0 Å². The van der Waals surface area contributed by atoms with Crippen LogP contribution in [0.3, 0.4) is 0 Å². The van der Waals surface area contributed by atoms with Crippen molar-refractivity contribution < 1.29 is 14.2 Å². The van der Waals surface area contributed by atoms with E-state index in [0.717, 1.165) is 34.7 Å². The molecule has 0 heterocycles. The molecule has 3 aromatic carbocycles. The van der Waals surface area contributed by atoms with Gasteiger partial charge in [0.1, 0.15) is 5.75 Å². The van der Waals surface area contributed by atoms with Crippen molar-refractivity contribution >= 4 is 11.8 Å². The first-order valence-corrected chi connectivity index (χ1v) is 10.0. The maximum Gasteiger partial charge on any atom is 0.167 e. The van der Waals surface area contributed by atoms with Crippen LogP contribution in [0.4, 0.5) is 5.69 Å². The predicted molar refractivity (Wildman–Crippen MR) is 127 cm³/mol. The summed E-state index contributed by atoms with van der Waals surface area (Å²) in [5, 5.41) is 3.44. The molecule has 0 spiro atoms. The van der Waals surface area contributed by atoms with Crippen LogP contribution < -0.4 is 19.5 Å². The lowest BCUT2D eigenvalue weighted by Gasteiger charge is -2.14. The highest BCUT2D eigenvalue weighted by Crippen LogP contribution is 2.37. The molecule has 0 aliphatic carbocycles. The lowest BCUT2D eigenvalue weighted by atomic mass is 9.99. The van der Waals surface area contributed by atoms with Gasteiger partial charge in [-0.15, -0.1) is 0 Å². The highest BCUT2D eigenvalue weighted by Gasteiger charge is 2.11. The zero-order valence-corrected chi connectivity index (χ0v) is 18.5. The summed E-state index contributed by atoms with van der Waals surface area (Å²) in [4.78, 5) is 0. The second kappa shape index (κ2) is 11.6. The van der Waals surface area contributed by atoms with E-state index in [1.54, 1.807) is 27.4 Å². The van der Waals surface area contributed by atoms with E-state index in [9.17, 15) is 0 Å². The number of hydrogen-bond acceptors (Lipinski definition) is 4. The highest BCUT2D eigenvalue weighted by atomic mass is 16.5. The average molecular weight is 406 g/mol. The van der Waals surface area contributed by atoms with Crippen LogP contribution in [0.1, 0.15) is 25.0 Å². The molecule has 30 heavy (non-hydrogen) atoms. The molecule has 0 bridgehead atoms. The highest BCUT2D eigenvalue weighted by molar-refractivity contribution is 5.74. The molecule has 0 aromatic heterocycles. The van der Waals surface area contributed by atoms with Gasteiger partial charge in [-0.1, -0.05) is 44.7 Å².